The van der Waals surface area contributed by atoms with Crippen LogP contribution in [0.4, 0.5) is 5.69 Å². The molecule has 0 radical (unpaired) electrons. The van der Waals surface area contributed by atoms with Crippen molar-refractivity contribution in [1.29, 1.82) is 0 Å². The zero-order chi connectivity index (χ0) is 26.8. The van der Waals surface area contributed by atoms with Gasteiger partial charge in [-0.3, -0.25) is 14.4 Å². The van der Waals surface area contributed by atoms with E-state index in [0.717, 1.165) is 5.56 Å². The third kappa shape index (κ3) is 6.64. The number of carbonyl (C=O) groups excluding carboxylic acids is 3. The van der Waals surface area contributed by atoms with E-state index < -0.39 is 17.4 Å². The first-order valence-electron chi connectivity index (χ1n) is 12.6. The molecule has 1 aliphatic heterocycles. The van der Waals surface area contributed by atoms with Crippen molar-refractivity contribution in [2.45, 2.75) is 44.8 Å². The highest BCUT2D eigenvalue weighted by Crippen LogP contribution is 2.45. The second-order valence-electron chi connectivity index (χ2n) is 9.22. The van der Waals surface area contributed by atoms with Gasteiger partial charge in [-0.05, 0) is 24.5 Å². The molecular formula is C29H36N2O6. The number of fused-ring (bicyclic) bond motifs is 1. The van der Waals surface area contributed by atoms with Crippen LogP contribution < -0.4 is 4.90 Å². The second-order valence-corrected chi connectivity index (χ2v) is 9.22. The molecule has 0 saturated carbocycles. The van der Waals surface area contributed by atoms with E-state index >= 15 is 0 Å². The smallest absolute Gasteiger partial charge is 0.305 e. The van der Waals surface area contributed by atoms with Gasteiger partial charge in [0.05, 0.1) is 19.4 Å². The van der Waals surface area contributed by atoms with Gasteiger partial charge in [-0.1, -0.05) is 67.6 Å². The first kappa shape index (κ1) is 28.1. The van der Waals surface area contributed by atoms with Crippen molar-refractivity contribution in [2.75, 3.05) is 31.7 Å². The van der Waals surface area contributed by atoms with Gasteiger partial charge in [0.15, 0.2) is 5.60 Å². The summed E-state index contributed by atoms with van der Waals surface area (Å²) in [6.45, 7) is 2.60. The maximum Gasteiger partial charge on any atom is 0.305 e. The number of carbonyl (C=O) groups is 3. The summed E-state index contributed by atoms with van der Waals surface area (Å²) in [5, 5.41) is 21.1. The molecule has 1 heterocycles. The molecule has 8 heteroatoms. The monoisotopic (exact) mass is 508 g/mol. The highest BCUT2D eigenvalue weighted by atomic mass is 16.5. The van der Waals surface area contributed by atoms with Crippen LogP contribution >= 0.6 is 0 Å². The van der Waals surface area contributed by atoms with Crippen molar-refractivity contribution in [2.24, 2.45) is 5.92 Å². The first-order chi connectivity index (χ1) is 17.8. The Balaban J connectivity index is 1.67. The maximum absolute atomic E-state index is 13.5. The van der Waals surface area contributed by atoms with E-state index in [4.69, 9.17) is 0 Å². The van der Waals surface area contributed by atoms with Crippen molar-refractivity contribution in [1.82, 2.24) is 4.90 Å². The number of anilines is 1. The van der Waals surface area contributed by atoms with E-state index in [-0.39, 0.29) is 37.9 Å². The minimum absolute atomic E-state index is 0.0837. The van der Waals surface area contributed by atoms with Crippen LogP contribution in [0.25, 0.3) is 0 Å². The Hall–Kier alpha value is -3.49. The molecule has 0 aromatic heterocycles. The summed E-state index contributed by atoms with van der Waals surface area (Å²) >= 11 is 0. The minimum Gasteiger partial charge on any atom is -0.469 e. The summed E-state index contributed by atoms with van der Waals surface area (Å²) in [5.74, 6) is -1.45. The van der Waals surface area contributed by atoms with Gasteiger partial charge in [0.1, 0.15) is 0 Å². The number of hydrogen-bond acceptors (Lipinski definition) is 6. The lowest BCUT2D eigenvalue weighted by Gasteiger charge is -2.28. The summed E-state index contributed by atoms with van der Waals surface area (Å²) in [7, 11) is 1.35. The molecule has 0 unspecified atom stereocenters. The van der Waals surface area contributed by atoms with Gasteiger partial charge in [-0.15, -0.1) is 0 Å². The van der Waals surface area contributed by atoms with E-state index in [1.807, 2.05) is 42.5 Å². The number of aliphatic hydroxyl groups is 2. The number of methoxy groups -OCH3 is 1. The topological polar surface area (TPSA) is 107 Å². The zero-order valence-corrected chi connectivity index (χ0v) is 21.5. The lowest BCUT2D eigenvalue weighted by atomic mass is 9.83. The Morgan fingerprint density at radius 1 is 1.11 bits per heavy atom. The normalized spacial score (nSPS) is 17.6. The summed E-state index contributed by atoms with van der Waals surface area (Å²) in [6.07, 6.45) is 4.89. The van der Waals surface area contributed by atoms with Crippen LogP contribution in [0, 0.1) is 5.92 Å². The van der Waals surface area contributed by atoms with Crippen LogP contribution in [0.5, 0.6) is 0 Å². The fourth-order valence-corrected chi connectivity index (χ4v) is 4.62. The van der Waals surface area contributed by atoms with Crippen LogP contribution in [0.3, 0.4) is 0 Å². The average molecular weight is 509 g/mol. The minimum atomic E-state index is -1.76. The molecule has 0 bridgehead atoms. The lowest BCUT2D eigenvalue weighted by Crippen LogP contribution is -2.44. The number of benzene rings is 2. The zero-order valence-electron chi connectivity index (χ0n) is 21.5. The van der Waals surface area contributed by atoms with E-state index in [2.05, 4.69) is 4.74 Å². The number of amides is 2. The van der Waals surface area contributed by atoms with Gasteiger partial charge < -0.3 is 24.7 Å². The summed E-state index contributed by atoms with van der Waals surface area (Å²) < 4.78 is 4.67. The van der Waals surface area contributed by atoms with Gasteiger partial charge in [0.2, 0.25) is 5.91 Å². The largest absolute Gasteiger partial charge is 0.469 e. The average Bonchev–Trinajstić information content (AvgIpc) is 3.13. The quantitative estimate of drug-likeness (QED) is 0.245. The number of rotatable bonds is 13. The molecule has 2 atom stereocenters. The van der Waals surface area contributed by atoms with Crippen LogP contribution in [0.15, 0.2) is 66.7 Å². The molecule has 198 valence electrons. The molecule has 1 aliphatic rings. The molecule has 2 N–H and O–H groups in total. The molecule has 0 saturated heterocycles. The van der Waals surface area contributed by atoms with Crippen LogP contribution in [0.2, 0.25) is 0 Å². The first-order valence-corrected chi connectivity index (χ1v) is 12.6. The highest BCUT2D eigenvalue weighted by Gasteiger charge is 2.52. The van der Waals surface area contributed by atoms with Crippen LogP contribution in [0.1, 0.15) is 43.7 Å². The number of nitrogens with zero attached hydrogens (tertiary/aromatic N) is 2. The molecule has 2 amide bonds. The number of ether oxygens (including phenoxy) is 1. The number of unbranched alkanes of at least 4 members (excludes halogenated alkanes) is 1. The van der Waals surface area contributed by atoms with Gasteiger partial charge in [0, 0.05) is 44.0 Å². The van der Waals surface area contributed by atoms with Gasteiger partial charge >= 0.3 is 5.97 Å². The van der Waals surface area contributed by atoms with Crippen molar-refractivity contribution in [3.05, 3.63) is 77.9 Å². The Morgan fingerprint density at radius 3 is 2.51 bits per heavy atom. The molecule has 37 heavy (non-hydrogen) atoms. The number of para-hydroxylation sites is 1. The van der Waals surface area contributed by atoms with Crippen molar-refractivity contribution in [3.63, 3.8) is 0 Å². The van der Waals surface area contributed by atoms with Crippen LogP contribution in [-0.2, 0) is 31.3 Å². The second kappa shape index (κ2) is 13.2. The standard InChI is InChI=1S/C29H36N2O6/c1-22(11-10-16-26(33)30(19-20-32)21-23-12-4-3-5-13-23)29(36)24-14-6-7-15-25(24)31(28(29)35)18-9-8-17-27(34)37-2/h3-7,10-15,22,32,36H,8-9,16-21H2,1-2H3/b11-10+/t22-,29+/m1/s1. The predicted octanol–water partition coefficient (Wildman–Crippen LogP) is 3.17. The predicted molar refractivity (Wildman–Crippen MR) is 140 cm³/mol. The Bertz CT molecular complexity index is 1100. The molecule has 2 aromatic carbocycles. The third-order valence-corrected chi connectivity index (χ3v) is 6.73. The maximum atomic E-state index is 13.5. The van der Waals surface area contributed by atoms with Crippen molar-refractivity contribution < 1.29 is 29.3 Å². The van der Waals surface area contributed by atoms with Crippen LogP contribution in [-0.4, -0.2) is 59.7 Å². The van der Waals surface area contributed by atoms with E-state index in [9.17, 15) is 24.6 Å². The fourth-order valence-electron chi connectivity index (χ4n) is 4.62. The molecule has 0 spiro atoms. The number of esters is 1. The van der Waals surface area contributed by atoms with Crippen molar-refractivity contribution in [3.8, 4) is 0 Å². The summed E-state index contributed by atoms with van der Waals surface area (Å²) in [5.41, 5.74) is 0.396. The Labute approximate surface area is 218 Å². The summed E-state index contributed by atoms with van der Waals surface area (Å²) in [6, 6.07) is 16.7. The van der Waals surface area contributed by atoms with E-state index in [1.54, 1.807) is 41.0 Å². The molecule has 2 aromatic rings. The number of hydrogen-bond donors (Lipinski definition) is 2. The molecule has 0 fully saturated rings. The van der Waals surface area contributed by atoms with Gasteiger partial charge in [0.25, 0.3) is 5.91 Å². The van der Waals surface area contributed by atoms with Crippen molar-refractivity contribution >= 4 is 23.5 Å². The third-order valence-electron chi connectivity index (χ3n) is 6.73. The molecule has 3 rings (SSSR count). The molecule has 0 aliphatic carbocycles. The Kier molecular flexibility index (Phi) is 10.00. The highest BCUT2D eigenvalue weighted by molar-refractivity contribution is 6.07. The number of aliphatic hydroxyl groups excluding tert-OH is 1. The van der Waals surface area contributed by atoms with Gasteiger partial charge in [-0.2, -0.15) is 0 Å². The SMILES string of the molecule is COC(=O)CCCCN1C(=O)[C@](O)([C@H](C)/C=C/CC(=O)N(CCO)Cc2ccccc2)c2ccccc21. The summed E-state index contributed by atoms with van der Waals surface area (Å²) in [4.78, 5) is 40.8. The van der Waals surface area contributed by atoms with E-state index in [0.29, 0.717) is 37.2 Å². The lowest BCUT2D eigenvalue weighted by molar-refractivity contribution is -0.140. The fraction of sp³-hybridized carbons (Fsp3) is 0.414. The Morgan fingerprint density at radius 2 is 1.81 bits per heavy atom. The molecule has 8 nitrogen and oxygen atoms in total. The molecular weight excluding hydrogens is 472 g/mol. The van der Waals surface area contributed by atoms with E-state index in [1.165, 1.54) is 7.11 Å². The van der Waals surface area contributed by atoms with Gasteiger partial charge in [-0.25, -0.2) is 0 Å².